The zero-order valence-corrected chi connectivity index (χ0v) is 13.4. The Morgan fingerprint density at radius 2 is 2.18 bits per heavy atom. The molecule has 2 amide bonds. The molecule has 1 aromatic heterocycles. The smallest absolute Gasteiger partial charge is 0.315 e. The highest BCUT2D eigenvalue weighted by Crippen LogP contribution is 2.23. The van der Waals surface area contributed by atoms with E-state index in [4.69, 9.17) is 0 Å². The number of urea groups is 1. The van der Waals surface area contributed by atoms with Crippen LogP contribution < -0.4 is 15.5 Å². The molecule has 6 nitrogen and oxygen atoms in total. The lowest BCUT2D eigenvalue weighted by Crippen LogP contribution is -2.47. The molecule has 1 saturated carbocycles. The summed E-state index contributed by atoms with van der Waals surface area (Å²) in [6.45, 7) is 0.604. The molecule has 1 aliphatic rings. The number of amides is 2. The summed E-state index contributed by atoms with van der Waals surface area (Å²) < 4.78 is 0. The van der Waals surface area contributed by atoms with Crippen LogP contribution in [0.3, 0.4) is 0 Å². The summed E-state index contributed by atoms with van der Waals surface area (Å²) in [5, 5.41) is 15.3. The maximum absolute atomic E-state index is 12.0. The van der Waals surface area contributed by atoms with Crippen molar-refractivity contribution in [2.75, 3.05) is 25.6 Å². The molecule has 1 heterocycles. The maximum atomic E-state index is 12.0. The molecule has 1 fully saturated rings. The lowest BCUT2D eigenvalue weighted by Gasteiger charge is -2.30. The second kappa shape index (κ2) is 7.98. The molecule has 2 unspecified atom stereocenters. The van der Waals surface area contributed by atoms with Crippen LogP contribution >= 0.6 is 0 Å². The largest absolute Gasteiger partial charge is 0.396 e. The SMILES string of the molecule is CN(C)c1cc(CNC(=O)NC2CCCCC2CO)ccn1. The van der Waals surface area contributed by atoms with Crippen molar-refractivity contribution in [3.8, 4) is 0 Å². The van der Waals surface area contributed by atoms with Crippen molar-refractivity contribution in [2.24, 2.45) is 5.92 Å². The Balaban J connectivity index is 1.83. The Hall–Kier alpha value is -1.82. The van der Waals surface area contributed by atoms with Crippen LogP contribution in [0.4, 0.5) is 10.6 Å². The summed E-state index contributed by atoms with van der Waals surface area (Å²) in [5.41, 5.74) is 1.01. The Morgan fingerprint density at radius 3 is 2.91 bits per heavy atom. The number of aliphatic hydroxyl groups excluding tert-OH is 1. The minimum atomic E-state index is -0.173. The van der Waals surface area contributed by atoms with Gasteiger partial charge in [0.05, 0.1) is 0 Å². The molecule has 0 spiro atoms. The summed E-state index contributed by atoms with van der Waals surface area (Å²) >= 11 is 0. The van der Waals surface area contributed by atoms with E-state index in [2.05, 4.69) is 15.6 Å². The predicted molar refractivity (Wildman–Crippen MR) is 86.8 cm³/mol. The van der Waals surface area contributed by atoms with Crippen molar-refractivity contribution < 1.29 is 9.90 Å². The first-order valence-corrected chi connectivity index (χ1v) is 7.87. The summed E-state index contributed by atoms with van der Waals surface area (Å²) in [7, 11) is 3.87. The molecule has 22 heavy (non-hydrogen) atoms. The summed E-state index contributed by atoms with van der Waals surface area (Å²) in [5.74, 6) is 1.05. The van der Waals surface area contributed by atoms with E-state index in [9.17, 15) is 9.90 Å². The minimum absolute atomic E-state index is 0.0773. The third-order valence-corrected chi connectivity index (χ3v) is 4.18. The van der Waals surface area contributed by atoms with Gasteiger partial charge in [-0.15, -0.1) is 0 Å². The van der Waals surface area contributed by atoms with Gasteiger partial charge in [0, 0.05) is 45.4 Å². The van der Waals surface area contributed by atoms with Crippen LogP contribution in [0.5, 0.6) is 0 Å². The fourth-order valence-electron chi connectivity index (χ4n) is 2.83. The fourth-order valence-corrected chi connectivity index (χ4v) is 2.83. The van der Waals surface area contributed by atoms with E-state index in [1.54, 1.807) is 6.20 Å². The normalized spacial score (nSPS) is 21.2. The highest BCUT2D eigenvalue weighted by Gasteiger charge is 2.25. The first kappa shape index (κ1) is 16.5. The number of aromatic nitrogens is 1. The zero-order valence-electron chi connectivity index (χ0n) is 13.4. The highest BCUT2D eigenvalue weighted by atomic mass is 16.3. The molecule has 0 bridgehead atoms. The number of hydrogen-bond acceptors (Lipinski definition) is 4. The van der Waals surface area contributed by atoms with E-state index < -0.39 is 0 Å². The second-order valence-corrected chi connectivity index (χ2v) is 6.08. The standard InChI is InChI=1S/C16H26N4O2/c1-20(2)15-9-12(7-8-17-15)10-18-16(22)19-14-6-4-3-5-13(14)11-21/h7-9,13-14,21H,3-6,10-11H2,1-2H3,(H2,18,19,22). The molecule has 1 aliphatic carbocycles. The van der Waals surface area contributed by atoms with Gasteiger partial charge in [-0.1, -0.05) is 12.8 Å². The number of carbonyl (C=O) groups is 1. The second-order valence-electron chi connectivity index (χ2n) is 6.08. The predicted octanol–water partition coefficient (Wildman–Crippen LogP) is 1.50. The molecular formula is C16H26N4O2. The molecule has 0 aliphatic heterocycles. The fraction of sp³-hybridized carbons (Fsp3) is 0.625. The first-order chi connectivity index (χ1) is 10.6. The van der Waals surface area contributed by atoms with Gasteiger partial charge in [0.1, 0.15) is 5.82 Å². The number of nitrogens with one attached hydrogen (secondary N) is 2. The number of anilines is 1. The number of rotatable bonds is 5. The molecule has 2 rings (SSSR count). The van der Waals surface area contributed by atoms with Crippen molar-refractivity contribution in [3.05, 3.63) is 23.9 Å². The van der Waals surface area contributed by atoms with Crippen molar-refractivity contribution in [2.45, 2.75) is 38.3 Å². The Labute approximate surface area is 131 Å². The molecule has 0 radical (unpaired) electrons. The van der Waals surface area contributed by atoms with E-state index in [1.165, 1.54) is 0 Å². The topological polar surface area (TPSA) is 77.5 Å². The van der Waals surface area contributed by atoms with Crippen LogP contribution in [0.25, 0.3) is 0 Å². The van der Waals surface area contributed by atoms with Gasteiger partial charge in [0.15, 0.2) is 0 Å². The van der Waals surface area contributed by atoms with Crippen molar-refractivity contribution >= 4 is 11.8 Å². The summed E-state index contributed by atoms with van der Waals surface area (Å²) in [6, 6.07) is 3.75. The van der Waals surface area contributed by atoms with E-state index in [0.717, 1.165) is 37.1 Å². The molecule has 0 saturated heterocycles. The van der Waals surface area contributed by atoms with E-state index in [-0.39, 0.29) is 24.6 Å². The average molecular weight is 306 g/mol. The van der Waals surface area contributed by atoms with Gasteiger partial charge in [0.25, 0.3) is 0 Å². The Kier molecular flexibility index (Phi) is 6.00. The van der Waals surface area contributed by atoms with Gasteiger partial charge >= 0.3 is 6.03 Å². The highest BCUT2D eigenvalue weighted by molar-refractivity contribution is 5.74. The van der Waals surface area contributed by atoms with Crippen LogP contribution in [0.1, 0.15) is 31.2 Å². The monoisotopic (exact) mass is 306 g/mol. The number of pyridine rings is 1. The molecule has 0 aromatic carbocycles. The van der Waals surface area contributed by atoms with Gasteiger partial charge in [-0.05, 0) is 30.5 Å². The number of carbonyl (C=O) groups excluding carboxylic acids is 1. The van der Waals surface area contributed by atoms with Gasteiger partial charge in [-0.25, -0.2) is 9.78 Å². The molecule has 2 atom stereocenters. The van der Waals surface area contributed by atoms with Gasteiger partial charge in [-0.2, -0.15) is 0 Å². The molecule has 122 valence electrons. The van der Waals surface area contributed by atoms with Gasteiger partial charge in [0.2, 0.25) is 0 Å². The van der Waals surface area contributed by atoms with Crippen LogP contribution in [-0.4, -0.2) is 42.9 Å². The lowest BCUT2D eigenvalue weighted by molar-refractivity contribution is 0.153. The molecular weight excluding hydrogens is 280 g/mol. The molecule has 3 N–H and O–H groups in total. The zero-order chi connectivity index (χ0) is 15.9. The number of hydrogen-bond donors (Lipinski definition) is 3. The van der Waals surface area contributed by atoms with Crippen LogP contribution in [0.15, 0.2) is 18.3 Å². The number of nitrogens with zero attached hydrogens (tertiary/aromatic N) is 2. The lowest BCUT2D eigenvalue weighted by atomic mass is 9.85. The minimum Gasteiger partial charge on any atom is -0.396 e. The van der Waals surface area contributed by atoms with Crippen LogP contribution in [-0.2, 0) is 6.54 Å². The first-order valence-electron chi connectivity index (χ1n) is 7.87. The van der Waals surface area contributed by atoms with Crippen molar-refractivity contribution in [1.82, 2.24) is 15.6 Å². The van der Waals surface area contributed by atoms with E-state index >= 15 is 0 Å². The third-order valence-electron chi connectivity index (χ3n) is 4.18. The van der Waals surface area contributed by atoms with Gasteiger partial charge < -0.3 is 20.6 Å². The summed E-state index contributed by atoms with van der Waals surface area (Å²) in [4.78, 5) is 18.2. The average Bonchev–Trinajstić information content (AvgIpc) is 2.53. The van der Waals surface area contributed by atoms with Crippen molar-refractivity contribution in [3.63, 3.8) is 0 Å². The van der Waals surface area contributed by atoms with Gasteiger partial charge in [-0.3, -0.25) is 0 Å². The Bertz CT molecular complexity index is 493. The number of aliphatic hydroxyl groups is 1. The van der Waals surface area contributed by atoms with Crippen LogP contribution in [0.2, 0.25) is 0 Å². The van der Waals surface area contributed by atoms with Crippen LogP contribution in [0, 0.1) is 5.92 Å². The maximum Gasteiger partial charge on any atom is 0.315 e. The third kappa shape index (κ3) is 4.59. The van der Waals surface area contributed by atoms with Crippen molar-refractivity contribution in [1.29, 1.82) is 0 Å². The van der Waals surface area contributed by atoms with E-state index in [0.29, 0.717) is 6.54 Å². The summed E-state index contributed by atoms with van der Waals surface area (Å²) in [6.07, 6.45) is 5.91. The quantitative estimate of drug-likeness (QED) is 0.770. The molecule has 1 aromatic rings. The Morgan fingerprint density at radius 1 is 1.41 bits per heavy atom. The molecule has 6 heteroatoms. The van der Waals surface area contributed by atoms with E-state index in [1.807, 2.05) is 31.1 Å².